The number of oxazole rings is 1. The predicted molar refractivity (Wildman–Crippen MR) is 113 cm³/mol. The second-order valence-corrected chi connectivity index (χ2v) is 8.09. The van der Waals surface area contributed by atoms with Crippen LogP contribution in [-0.2, 0) is 4.79 Å². The Balaban J connectivity index is 1.85. The van der Waals surface area contributed by atoms with Gasteiger partial charge >= 0.3 is 0 Å². The van der Waals surface area contributed by atoms with E-state index in [1.54, 1.807) is 0 Å². The van der Waals surface area contributed by atoms with Gasteiger partial charge in [-0.25, -0.2) is 4.98 Å². The molecule has 0 unspecified atom stereocenters. The summed E-state index contributed by atoms with van der Waals surface area (Å²) in [7, 11) is 0. The van der Waals surface area contributed by atoms with Crippen LogP contribution in [0.5, 0.6) is 0 Å². The van der Waals surface area contributed by atoms with Gasteiger partial charge in [-0.05, 0) is 61.5 Å². The number of fused-ring (bicyclic) bond motifs is 1. The number of hydrogen-bond acceptors (Lipinski definition) is 4. The molecule has 0 spiro atoms. The van der Waals surface area contributed by atoms with E-state index in [1.807, 2.05) is 71.0 Å². The smallest absolute Gasteiger partial charge is 0.231 e. The number of carbonyl (C=O) groups is 1. The van der Waals surface area contributed by atoms with Gasteiger partial charge in [0.25, 0.3) is 0 Å². The van der Waals surface area contributed by atoms with Gasteiger partial charge in [0.15, 0.2) is 10.7 Å². The molecular weight excluding hydrogens is 358 g/mol. The van der Waals surface area contributed by atoms with Crippen molar-refractivity contribution in [2.24, 2.45) is 5.41 Å². The minimum Gasteiger partial charge on any atom is -0.436 e. The first-order chi connectivity index (χ1) is 12.6. The van der Waals surface area contributed by atoms with Crippen LogP contribution < -0.4 is 10.6 Å². The molecule has 0 saturated heterocycles. The highest BCUT2D eigenvalue weighted by atomic mass is 32.1. The summed E-state index contributed by atoms with van der Waals surface area (Å²) in [6.45, 7) is 9.51. The lowest BCUT2D eigenvalue weighted by Crippen LogP contribution is -2.41. The third-order valence-corrected chi connectivity index (χ3v) is 4.39. The van der Waals surface area contributed by atoms with Crippen molar-refractivity contribution < 1.29 is 9.21 Å². The van der Waals surface area contributed by atoms with Gasteiger partial charge in [0, 0.05) is 16.7 Å². The third kappa shape index (κ3) is 4.34. The average Bonchev–Trinajstić information content (AvgIpc) is 2.99. The Labute approximate surface area is 164 Å². The number of aryl methyl sites for hydroxylation is 2. The monoisotopic (exact) mass is 381 g/mol. The molecule has 0 saturated carbocycles. The summed E-state index contributed by atoms with van der Waals surface area (Å²) >= 11 is 5.29. The number of nitrogens with zero attached hydrogens (tertiary/aromatic N) is 1. The van der Waals surface area contributed by atoms with Crippen molar-refractivity contribution in [3.8, 4) is 11.5 Å². The van der Waals surface area contributed by atoms with Crippen LogP contribution in [0.3, 0.4) is 0 Å². The number of rotatable bonds is 2. The number of thiocarbonyl (C=S) groups is 1. The molecule has 0 fully saturated rings. The van der Waals surface area contributed by atoms with Gasteiger partial charge in [-0.2, -0.15) is 0 Å². The molecule has 0 aliphatic rings. The van der Waals surface area contributed by atoms with E-state index in [9.17, 15) is 4.79 Å². The van der Waals surface area contributed by atoms with Crippen LogP contribution in [-0.4, -0.2) is 16.0 Å². The quantitative estimate of drug-likeness (QED) is 0.614. The molecule has 0 radical (unpaired) electrons. The molecule has 1 heterocycles. The number of carbonyl (C=O) groups excluding carboxylic acids is 1. The summed E-state index contributed by atoms with van der Waals surface area (Å²) in [6, 6.07) is 11.7. The second kappa shape index (κ2) is 7.12. The Kier molecular flexibility index (Phi) is 5.02. The Bertz CT molecular complexity index is 1030. The maximum atomic E-state index is 12.1. The standard InChI is InChI=1S/C21H23N3O2S/c1-12-6-9-17-16(10-12)22-18(26-17)14-8-7-13(2)15(11-14)23-20(27)24-19(25)21(3,4)5/h6-11H,1-5H3,(H2,23,24,25,27). The zero-order chi connectivity index (χ0) is 19.8. The topological polar surface area (TPSA) is 67.2 Å². The SMILES string of the molecule is Cc1ccc2oc(-c3ccc(C)c(NC(=S)NC(=O)C(C)(C)C)c3)nc2c1. The van der Waals surface area contributed by atoms with Crippen molar-refractivity contribution in [2.45, 2.75) is 34.6 Å². The van der Waals surface area contributed by atoms with Gasteiger partial charge < -0.3 is 15.1 Å². The number of anilines is 1. The van der Waals surface area contributed by atoms with E-state index in [0.29, 0.717) is 5.89 Å². The van der Waals surface area contributed by atoms with Crippen LogP contribution >= 0.6 is 12.2 Å². The Morgan fingerprint density at radius 2 is 1.85 bits per heavy atom. The number of nitrogens with one attached hydrogen (secondary N) is 2. The summed E-state index contributed by atoms with van der Waals surface area (Å²) in [5.74, 6) is 0.409. The van der Waals surface area contributed by atoms with Crippen molar-refractivity contribution >= 4 is 40.0 Å². The zero-order valence-electron chi connectivity index (χ0n) is 16.1. The molecule has 1 aromatic heterocycles. The predicted octanol–water partition coefficient (Wildman–Crippen LogP) is 4.97. The summed E-state index contributed by atoms with van der Waals surface area (Å²) in [5, 5.41) is 6.09. The lowest BCUT2D eigenvalue weighted by molar-refractivity contribution is -0.126. The van der Waals surface area contributed by atoms with Crippen LogP contribution in [0.25, 0.3) is 22.6 Å². The van der Waals surface area contributed by atoms with Crippen molar-refractivity contribution in [3.05, 3.63) is 47.5 Å². The van der Waals surface area contributed by atoms with Crippen molar-refractivity contribution in [1.82, 2.24) is 10.3 Å². The fourth-order valence-electron chi connectivity index (χ4n) is 2.49. The normalized spacial score (nSPS) is 11.4. The van der Waals surface area contributed by atoms with Crippen LogP contribution in [0, 0.1) is 19.3 Å². The first kappa shape index (κ1) is 19.0. The highest BCUT2D eigenvalue weighted by Crippen LogP contribution is 2.28. The lowest BCUT2D eigenvalue weighted by Gasteiger charge is -2.19. The van der Waals surface area contributed by atoms with Gasteiger partial charge in [0.2, 0.25) is 11.8 Å². The molecule has 2 aromatic carbocycles. The third-order valence-electron chi connectivity index (χ3n) is 4.18. The van der Waals surface area contributed by atoms with Gasteiger partial charge in [-0.1, -0.05) is 32.9 Å². The van der Waals surface area contributed by atoms with Crippen LogP contribution in [0.15, 0.2) is 40.8 Å². The molecule has 3 rings (SSSR count). The van der Waals surface area contributed by atoms with E-state index in [4.69, 9.17) is 16.6 Å². The van der Waals surface area contributed by atoms with Crippen LogP contribution in [0.1, 0.15) is 31.9 Å². The van der Waals surface area contributed by atoms with E-state index in [1.165, 1.54) is 0 Å². The fourth-order valence-corrected chi connectivity index (χ4v) is 2.70. The number of amides is 1. The van der Waals surface area contributed by atoms with Crippen molar-refractivity contribution in [3.63, 3.8) is 0 Å². The molecular formula is C21H23N3O2S. The van der Waals surface area contributed by atoms with E-state index in [2.05, 4.69) is 15.6 Å². The molecule has 3 aromatic rings. The highest BCUT2D eigenvalue weighted by Gasteiger charge is 2.22. The number of hydrogen-bond donors (Lipinski definition) is 2. The van der Waals surface area contributed by atoms with Crippen LogP contribution in [0.4, 0.5) is 5.69 Å². The zero-order valence-corrected chi connectivity index (χ0v) is 17.0. The van der Waals surface area contributed by atoms with E-state index in [0.717, 1.165) is 33.5 Å². The first-order valence-electron chi connectivity index (χ1n) is 8.74. The molecule has 5 nitrogen and oxygen atoms in total. The highest BCUT2D eigenvalue weighted by molar-refractivity contribution is 7.80. The largest absolute Gasteiger partial charge is 0.436 e. The van der Waals surface area contributed by atoms with Crippen molar-refractivity contribution in [1.29, 1.82) is 0 Å². The molecule has 0 atom stereocenters. The molecule has 1 amide bonds. The van der Waals surface area contributed by atoms with E-state index >= 15 is 0 Å². The fraction of sp³-hybridized carbons (Fsp3) is 0.286. The van der Waals surface area contributed by atoms with Crippen molar-refractivity contribution in [2.75, 3.05) is 5.32 Å². The average molecular weight is 382 g/mol. The van der Waals surface area contributed by atoms with E-state index < -0.39 is 5.41 Å². The Morgan fingerprint density at radius 3 is 2.56 bits per heavy atom. The second-order valence-electron chi connectivity index (χ2n) is 7.68. The lowest BCUT2D eigenvalue weighted by atomic mass is 9.96. The Morgan fingerprint density at radius 1 is 1.11 bits per heavy atom. The summed E-state index contributed by atoms with van der Waals surface area (Å²) in [4.78, 5) is 16.7. The number of aromatic nitrogens is 1. The molecule has 6 heteroatoms. The molecule has 27 heavy (non-hydrogen) atoms. The molecule has 2 N–H and O–H groups in total. The maximum Gasteiger partial charge on any atom is 0.231 e. The molecule has 0 bridgehead atoms. The minimum atomic E-state index is -0.515. The molecule has 140 valence electrons. The summed E-state index contributed by atoms with van der Waals surface area (Å²) in [6.07, 6.45) is 0. The maximum absolute atomic E-state index is 12.1. The van der Waals surface area contributed by atoms with Gasteiger partial charge in [-0.15, -0.1) is 0 Å². The van der Waals surface area contributed by atoms with E-state index in [-0.39, 0.29) is 11.0 Å². The summed E-state index contributed by atoms with van der Waals surface area (Å²) < 4.78 is 5.88. The van der Waals surface area contributed by atoms with Crippen LogP contribution in [0.2, 0.25) is 0 Å². The summed E-state index contributed by atoms with van der Waals surface area (Å²) in [5.41, 5.74) is 4.82. The van der Waals surface area contributed by atoms with Gasteiger partial charge in [0.05, 0.1) is 0 Å². The number of benzene rings is 2. The minimum absolute atomic E-state index is 0.136. The van der Waals surface area contributed by atoms with Gasteiger partial charge in [-0.3, -0.25) is 4.79 Å². The Hall–Kier alpha value is -2.73. The van der Waals surface area contributed by atoms with Gasteiger partial charge in [0.1, 0.15) is 5.52 Å². The molecule has 0 aliphatic carbocycles. The molecule has 0 aliphatic heterocycles. The first-order valence-corrected chi connectivity index (χ1v) is 9.15.